The molecule has 0 bridgehead atoms. The van der Waals surface area contributed by atoms with Gasteiger partial charge in [-0.2, -0.15) is 0 Å². The lowest BCUT2D eigenvalue weighted by Crippen LogP contribution is -2.44. The van der Waals surface area contributed by atoms with Crippen molar-refractivity contribution in [3.8, 4) is 0 Å². The van der Waals surface area contributed by atoms with Crippen molar-refractivity contribution < 1.29 is 0 Å². The first-order valence-corrected chi connectivity index (χ1v) is 6.89. The predicted octanol–water partition coefficient (Wildman–Crippen LogP) is 2.65. The van der Waals surface area contributed by atoms with Gasteiger partial charge in [-0.15, -0.1) is 0 Å². The van der Waals surface area contributed by atoms with Crippen molar-refractivity contribution >= 4 is 0 Å². The van der Waals surface area contributed by atoms with Crippen LogP contribution in [0.2, 0.25) is 0 Å². The van der Waals surface area contributed by atoms with E-state index in [1.165, 1.54) is 31.4 Å². The molecule has 0 aliphatic carbocycles. The molecule has 0 saturated carbocycles. The Morgan fingerprint density at radius 2 is 2.06 bits per heavy atom. The number of rotatable bonds is 5. The van der Waals surface area contributed by atoms with Crippen LogP contribution >= 0.6 is 0 Å². The third kappa shape index (κ3) is 3.83. The molecule has 0 spiro atoms. The fourth-order valence-corrected chi connectivity index (χ4v) is 2.63. The molecule has 1 aliphatic heterocycles. The zero-order valence-corrected chi connectivity index (χ0v) is 10.9. The minimum absolute atomic E-state index is 0.726. The highest BCUT2D eigenvalue weighted by Gasteiger charge is 2.21. The number of nitrogens with zero attached hydrogens (tertiary/aromatic N) is 1. The quantitative estimate of drug-likeness (QED) is 0.839. The van der Waals surface area contributed by atoms with E-state index in [0.717, 1.165) is 25.7 Å². The highest BCUT2D eigenvalue weighted by atomic mass is 15.2. The van der Waals surface area contributed by atoms with Gasteiger partial charge in [0.05, 0.1) is 0 Å². The van der Waals surface area contributed by atoms with Crippen LogP contribution in [-0.4, -0.2) is 30.6 Å². The molecule has 17 heavy (non-hydrogen) atoms. The average molecular weight is 232 g/mol. The molecule has 1 saturated heterocycles. The normalized spacial score (nSPS) is 21.6. The molecule has 2 rings (SSSR count). The monoisotopic (exact) mass is 232 g/mol. The summed E-state index contributed by atoms with van der Waals surface area (Å²) in [5.74, 6) is 0. The molecule has 94 valence electrons. The predicted molar refractivity (Wildman–Crippen MR) is 73.0 cm³/mol. The Balaban J connectivity index is 1.92. The number of hydrogen-bond donors (Lipinski definition) is 1. The summed E-state index contributed by atoms with van der Waals surface area (Å²) in [6.07, 6.45) is 4.09. The van der Waals surface area contributed by atoms with E-state index in [1.807, 2.05) is 0 Å². The van der Waals surface area contributed by atoms with Gasteiger partial charge in [0.2, 0.25) is 0 Å². The van der Waals surface area contributed by atoms with Crippen LogP contribution in [-0.2, 0) is 6.54 Å². The molecular formula is C15H24N2. The third-order valence-electron chi connectivity index (χ3n) is 3.61. The Kier molecular flexibility index (Phi) is 5.02. The zero-order valence-electron chi connectivity index (χ0n) is 10.9. The van der Waals surface area contributed by atoms with Crippen molar-refractivity contribution in [1.29, 1.82) is 0 Å². The SMILES string of the molecule is CCNC[C@@H]1CCCCN1Cc1ccccc1. The lowest BCUT2D eigenvalue weighted by molar-refractivity contribution is 0.138. The summed E-state index contributed by atoms with van der Waals surface area (Å²) >= 11 is 0. The fourth-order valence-electron chi connectivity index (χ4n) is 2.63. The molecule has 0 unspecified atom stereocenters. The molecule has 0 amide bonds. The van der Waals surface area contributed by atoms with Crippen LogP contribution in [0.15, 0.2) is 30.3 Å². The minimum atomic E-state index is 0.726. The van der Waals surface area contributed by atoms with Gasteiger partial charge < -0.3 is 5.32 Å². The summed E-state index contributed by atoms with van der Waals surface area (Å²) < 4.78 is 0. The Labute approximate surface area is 105 Å². The van der Waals surface area contributed by atoms with Gasteiger partial charge in [-0.1, -0.05) is 43.7 Å². The third-order valence-corrected chi connectivity index (χ3v) is 3.61. The van der Waals surface area contributed by atoms with E-state index in [4.69, 9.17) is 0 Å². The van der Waals surface area contributed by atoms with Crippen molar-refractivity contribution in [2.24, 2.45) is 0 Å². The largest absolute Gasteiger partial charge is 0.315 e. The van der Waals surface area contributed by atoms with E-state index in [-0.39, 0.29) is 0 Å². The molecular weight excluding hydrogens is 208 g/mol. The summed E-state index contributed by atoms with van der Waals surface area (Å²) in [5.41, 5.74) is 1.44. The van der Waals surface area contributed by atoms with E-state index < -0.39 is 0 Å². The van der Waals surface area contributed by atoms with Crippen LogP contribution in [0.1, 0.15) is 31.7 Å². The van der Waals surface area contributed by atoms with Gasteiger partial charge >= 0.3 is 0 Å². The van der Waals surface area contributed by atoms with Gasteiger partial charge in [-0.05, 0) is 31.5 Å². The van der Waals surface area contributed by atoms with Gasteiger partial charge in [-0.25, -0.2) is 0 Å². The van der Waals surface area contributed by atoms with Gasteiger partial charge in [0.15, 0.2) is 0 Å². The number of hydrogen-bond acceptors (Lipinski definition) is 2. The van der Waals surface area contributed by atoms with Crippen molar-refractivity contribution in [1.82, 2.24) is 10.2 Å². The maximum absolute atomic E-state index is 3.49. The number of piperidine rings is 1. The summed E-state index contributed by atoms with van der Waals surface area (Å²) in [6.45, 7) is 6.77. The van der Waals surface area contributed by atoms with Crippen molar-refractivity contribution in [2.45, 2.75) is 38.8 Å². The molecule has 2 nitrogen and oxygen atoms in total. The van der Waals surface area contributed by atoms with Crippen molar-refractivity contribution in [3.05, 3.63) is 35.9 Å². The van der Waals surface area contributed by atoms with Crippen molar-refractivity contribution in [2.75, 3.05) is 19.6 Å². The molecule has 1 heterocycles. The molecule has 1 aromatic carbocycles. The molecule has 2 heteroatoms. The van der Waals surface area contributed by atoms with Crippen LogP contribution in [0.5, 0.6) is 0 Å². The first kappa shape index (κ1) is 12.6. The first-order valence-electron chi connectivity index (χ1n) is 6.89. The fraction of sp³-hybridized carbons (Fsp3) is 0.600. The van der Waals surface area contributed by atoms with Gasteiger partial charge in [0.1, 0.15) is 0 Å². The molecule has 1 N–H and O–H groups in total. The average Bonchev–Trinajstić information content (AvgIpc) is 2.39. The second-order valence-electron chi connectivity index (χ2n) is 4.91. The van der Waals surface area contributed by atoms with Crippen LogP contribution in [0.25, 0.3) is 0 Å². The molecule has 1 aromatic rings. The molecule has 1 fully saturated rings. The lowest BCUT2D eigenvalue weighted by Gasteiger charge is -2.36. The standard InChI is InChI=1S/C15H24N2/c1-2-16-12-15-10-6-7-11-17(15)13-14-8-4-3-5-9-14/h3-5,8-9,15-16H,2,6-7,10-13H2,1H3/t15-/m0/s1. The molecule has 1 aliphatic rings. The van der Waals surface area contributed by atoms with Crippen LogP contribution in [0.3, 0.4) is 0 Å². The highest BCUT2D eigenvalue weighted by molar-refractivity contribution is 5.14. The minimum Gasteiger partial charge on any atom is -0.315 e. The van der Waals surface area contributed by atoms with E-state index >= 15 is 0 Å². The maximum atomic E-state index is 3.49. The molecule has 0 aromatic heterocycles. The molecule has 0 radical (unpaired) electrons. The van der Waals surface area contributed by atoms with E-state index in [9.17, 15) is 0 Å². The summed E-state index contributed by atoms with van der Waals surface area (Å²) in [6, 6.07) is 11.6. The van der Waals surface area contributed by atoms with Crippen LogP contribution < -0.4 is 5.32 Å². The number of benzene rings is 1. The maximum Gasteiger partial charge on any atom is 0.0237 e. The van der Waals surface area contributed by atoms with Crippen LogP contribution in [0.4, 0.5) is 0 Å². The number of likely N-dealkylation sites (N-methyl/N-ethyl adjacent to an activating group) is 1. The smallest absolute Gasteiger partial charge is 0.0237 e. The van der Waals surface area contributed by atoms with E-state index in [2.05, 4.69) is 47.5 Å². The molecule has 1 atom stereocenters. The summed E-state index contributed by atoms with van der Waals surface area (Å²) in [5, 5.41) is 3.49. The Hall–Kier alpha value is -0.860. The van der Waals surface area contributed by atoms with Crippen molar-refractivity contribution in [3.63, 3.8) is 0 Å². The van der Waals surface area contributed by atoms with E-state index in [0.29, 0.717) is 0 Å². The van der Waals surface area contributed by atoms with Crippen LogP contribution in [0, 0.1) is 0 Å². The second kappa shape index (κ2) is 6.77. The summed E-state index contributed by atoms with van der Waals surface area (Å²) in [4.78, 5) is 2.64. The number of nitrogens with one attached hydrogen (secondary N) is 1. The van der Waals surface area contributed by atoms with E-state index in [1.54, 1.807) is 0 Å². The Bertz CT molecular complexity index is 310. The summed E-state index contributed by atoms with van der Waals surface area (Å²) in [7, 11) is 0. The lowest BCUT2D eigenvalue weighted by atomic mass is 10.0. The van der Waals surface area contributed by atoms with Gasteiger partial charge in [0, 0.05) is 19.1 Å². The highest BCUT2D eigenvalue weighted by Crippen LogP contribution is 2.19. The first-order chi connectivity index (χ1) is 8.40. The Morgan fingerprint density at radius 1 is 1.24 bits per heavy atom. The number of likely N-dealkylation sites (tertiary alicyclic amines) is 1. The Morgan fingerprint density at radius 3 is 2.82 bits per heavy atom. The van der Waals surface area contributed by atoms with Gasteiger partial charge in [-0.3, -0.25) is 4.90 Å². The second-order valence-corrected chi connectivity index (χ2v) is 4.91. The van der Waals surface area contributed by atoms with Gasteiger partial charge in [0.25, 0.3) is 0 Å². The zero-order chi connectivity index (χ0) is 11.9. The topological polar surface area (TPSA) is 15.3 Å².